The maximum Gasteiger partial charge on any atom is 0.239 e. The number of nitrogens with zero attached hydrogens (tertiary/aromatic N) is 3. The molecule has 70 valence electrons. The van der Waals surface area contributed by atoms with E-state index in [4.69, 9.17) is 0 Å². The standard InChI is InChI=1S/C11H12N3/c1-9-8-12-7-5-10(9)11-4-3-6-13-14(11)2/h3-8H,1-2H3/q+1. The minimum Gasteiger partial charge on any atom is -0.264 e. The zero-order chi connectivity index (χ0) is 9.97. The second-order valence-electron chi connectivity index (χ2n) is 3.22. The lowest BCUT2D eigenvalue weighted by molar-refractivity contribution is -0.720. The molecule has 2 aromatic heterocycles. The Morgan fingerprint density at radius 3 is 2.79 bits per heavy atom. The molecule has 0 aliphatic heterocycles. The molecule has 0 amide bonds. The zero-order valence-corrected chi connectivity index (χ0v) is 8.31. The average molecular weight is 186 g/mol. The van der Waals surface area contributed by atoms with Gasteiger partial charge in [0.05, 0.1) is 11.8 Å². The molecule has 14 heavy (non-hydrogen) atoms. The number of rotatable bonds is 1. The molecular formula is C11H12N3+. The van der Waals surface area contributed by atoms with Crippen LogP contribution in [0, 0.1) is 6.92 Å². The monoisotopic (exact) mass is 186 g/mol. The van der Waals surface area contributed by atoms with Gasteiger partial charge in [0.15, 0.2) is 7.05 Å². The van der Waals surface area contributed by atoms with E-state index in [0.717, 1.165) is 11.3 Å². The molecule has 2 rings (SSSR count). The van der Waals surface area contributed by atoms with Crippen LogP contribution in [0.25, 0.3) is 11.3 Å². The van der Waals surface area contributed by atoms with Crippen LogP contribution >= 0.6 is 0 Å². The van der Waals surface area contributed by atoms with Gasteiger partial charge < -0.3 is 0 Å². The van der Waals surface area contributed by atoms with Gasteiger partial charge >= 0.3 is 0 Å². The number of aryl methyl sites for hydroxylation is 2. The molecule has 0 saturated carbocycles. The van der Waals surface area contributed by atoms with Gasteiger partial charge in [-0.15, -0.1) is 0 Å². The summed E-state index contributed by atoms with van der Waals surface area (Å²) >= 11 is 0. The smallest absolute Gasteiger partial charge is 0.239 e. The Morgan fingerprint density at radius 2 is 2.07 bits per heavy atom. The summed E-state index contributed by atoms with van der Waals surface area (Å²) in [7, 11) is 1.94. The van der Waals surface area contributed by atoms with Gasteiger partial charge in [0.2, 0.25) is 5.69 Å². The molecule has 0 radical (unpaired) electrons. The summed E-state index contributed by atoms with van der Waals surface area (Å²) < 4.78 is 1.86. The van der Waals surface area contributed by atoms with E-state index in [-0.39, 0.29) is 0 Å². The van der Waals surface area contributed by atoms with Crippen molar-refractivity contribution >= 4 is 0 Å². The van der Waals surface area contributed by atoms with Gasteiger partial charge in [-0.1, -0.05) is 4.68 Å². The molecule has 0 aliphatic carbocycles. The quantitative estimate of drug-likeness (QED) is 0.628. The Bertz CT molecular complexity index is 408. The first kappa shape index (κ1) is 8.81. The highest BCUT2D eigenvalue weighted by molar-refractivity contribution is 5.59. The molecule has 3 nitrogen and oxygen atoms in total. The summed E-state index contributed by atoms with van der Waals surface area (Å²) in [6.07, 6.45) is 5.44. The summed E-state index contributed by atoms with van der Waals surface area (Å²) in [4.78, 5) is 4.07. The zero-order valence-electron chi connectivity index (χ0n) is 8.31. The lowest BCUT2D eigenvalue weighted by Gasteiger charge is -2.00. The fourth-order valence-corrected chi connectivity index (χ4v) is 1.47. The van der Waals surface area contributed by atoms with Gasteiger partial charge in [-0.05, 0) is 29.7 Å². The molecule has 0 aromatic carbocycles. The summed E-state index contributed by atoms with van der Waals surface area (Å²) in [5.41, 5.74) is 3.44. The van der Waals surface area contributed by atoms with E-state index in [1.165, 1.54) is 5.56 Å². The molecule has 0 fully saturated rings. The number of hydrogen-bond donors (Lipinski definition) is 0. The predicted molar refractivity (Wildman–Crippen MR) is 53.4 cm³/mol. The summed E-state index contributed by atoms with van der Waals surface area (Å²) in [6.45, 7) is 2.05. The van der Waals surface area contributed by atoms with Crippen LogP contribution in [0.1, 0.15) is 5.56 Å². The third-order valence-corrected chi connectivity index (χ3v) is 2.22. The van der Waals surface area contributed by atoms with Crippen LogP contribution in [0.4, 0.5) is 0 Å². The molecule has 0 aliphatic rings. The molecule has 0 spiro atoms. The second-order valence-corrected chi connectivity index (χ2v) is 3.22. The largest absolute Gasteiger partial charge is 0.264 e. The van der Waals surface area contributed by atoms with E-state index in [1.54, 1.807) is 12.4 Å². The second kappa shape index (κ2) is 3.54. The van der Waals surface area contributed by atoms with Crippen LogP contribution in [0.3, 0.4) is 0 Å². The van der Waals surface area contributed by atoms with Gasteiger partial charge in [0, 0.05) is 18.5 Å². The van der Waals surface area contributed by atoms with E-state index in [2.05, 4.69) is 23.1 Å². The van der Waals surface area contributed by atoms with Crippen molar-refractivity contribution in [2.45, 2.75) is 6.92 Å². The molecule has 0 unspecified atom stereocenters. The van der Waals surface area contributed by atoms with E-state index < -0.39 is 0 Å². The fourth-order valence-electron chi connectivity index (χ4n) is 1.47. The van der Waals surface area contributed by atoms with Crippen LogP contribution < -0.4 is 4.68 Å². The number of aromatic nitrogens is 3. The minimum atomic E-state index is 1.10. The van der Waals surface area contributed by atoms with Gasteiger partial charge in [-0.25, -0.2) is 0 Å². The predicted octanol–water partition coefficient (Wildman–Crippen LogP) is 1.28. The van der Waals surface area contributed by atoms with Gasteiger partial charge in [-0.3, -0.25) is 4.98 Å². The Balaban J connectivity index is 2.61. The molecule has 2 heterocycles. The average Bonchev–Trinajstić information content (AvgIpc) is 2.20. The van der Waals surface area contributed by atoms with E-state index in [9.17, 15) is 0 Å². The maximum absolute atomic E-state index is 4.19. The molecular weight excluding hydrogens is 174 g/mol. The van der Waals surface area contributed by atoms with Gasteiger partial charge in [-0.2, -0.15) is 0 Å². The lowest BCUT2D eigenvalue weighted by atomic mass is 10.1. The minimum absolute atomic E-state index is 1.10. The summed E-state index contributed by atoms with van der Waals surface area (Å²) in [6, 6.07) is 6.00. The van der Waals surface area contributed by atoms with Crippen molar-refractivity contribution in [3.63, 3.8) is 0 Å². The third-order valence-electron chi connectivity index (χ3n) is 2.22. The Hall–Kier alpha value is -1.77. The molecule has 3 heteroatoms. The van der Waals surface area contributed by atoms with Crippen molar-refractivity contribution in [2.75, 3.05) is 0 Å². The molecule has 0 N–H and O–H groups in total. The normalized spacial score (nSPS) is 10.1. The molecule has 0 bridgehead atoms. The fraction of sp³-hybridized carbons (Fsp3) is 0.182. The highest BCUT2D eigenvalue weighted by Gasteiger charge is 2.11. The lowest BCUT2D eigenvalue weighted by Crippen LogP contribution is -2.35. The first-order chi connectivity index (χ1) is 6.79. The Morgan fingerprint density at radius 1 is 1.21 bits per heavy atom. The first-order valence-electron chi connectivity index (χ1n) is 4.51. The van der Waals surface area contributed by atoms with Crippen LogP contribution in [0.15, 0.2) is 36.8 Å². The number of pyridine rings is 1. The van der Waals surface area contributed by atoms with Crippen LogP contribution in [-0.4, -0.2) is 10.1 Å². The van der Waals surface area contributed by atoms with Crippen molar-refractivity contribution in [3.05, 3.63) is 42.4 Å². The summed E-state index contributed by atoms with van der Waals surface area (Å²) in [5.74, 6) is 0. The topological polar surface area (TPSA) is 29.7 Å². The van der Waals surface area contributed by atoms with Crippen LogP contribution in [0.2, 0.25) is 0 Å². The van der Waals surface area contributed by atoms with E-state index >= 15 is 0 Å². The SMILES string of the molecule is Cc1cnccc1-c1cccn[n+]1C. The maximum atomic E-state index is 4.19. The molecule has 0 saturated heterocycles. The van der Waals surface area contributed by atoms with Gasteiger partial charge in [0.25, 0.3) is 0 Å². The van der Waals surface area contributed by atoms with Crippen molar-refractivity contribution in [1.29, 1.82) is 0 Å². The number of hydrogen-bond acceptors (Lipinski definition) is 2. The van der Waals surface area contributed by atoms with Crippen LogP contribution in [-0.2, 0) is 7.05 Å². The highest BCUT2D eigenvalue weighted by atomic mass is 15.2. The van der Waals surface area contributed by atoms with Gasteiger partial charge in [0.1, 0.15) is 0 Å². The first-order valence-corrected chi connectivity index (χ1v) is 4.51. The third kappa shape index (κ3) is 1.48. The summed E-state index contributed by atoms with van der Waals surface area (Å²) in [5, 5.41) is 4.19. The van der Waals surface area contributed by atoms with Crippen molar-refractivity contribution < 1.29 is 4.68 Å². The van der Waals surface area contributed by atoms with E-state index in [1.807, 2.05) is 30.1 Å². The van der Waals surface area contributed by atoms with Crippen molar-refractivity contribution in [1.82, 2.24) is 10.1 Å². The highest BCUT2D eigenvalue weighted by Crippen LogP contribution is 2.17. The molecule has 0 atom stereocenters. The Labute approximate surface area is 83.1 Å². The van der Waals surface area contributed by atoms with Crippen molar-refractivity contribution in [2.24, 2.45) is 7.05 Å². The Kier molecular flexibility index (Phi) is 2.23. The van der Waals surface area contributed by atoms with E-state index in [0.29, 0.717) is 0 Å². The molecule has 2 aromatic rings. The van der Waals surface area contributed by atoms with Crippen LogP contribution in [0.5, 0.6) is 0 Å². The van der Waals surface area contributed by atoms with Crippen molar-refractivity contribution in [3.8, 4) is 11.3 Å².